The molecule has 12 nitrogen and oxygen atoms in total. The number of carbonyl (C=O) groups is 2. The van der Waals surface area contributed by atoms with E-state index in [1.165, 1.54) is 19.4 Å². The number of ether oxygens (including phenoxy) is 3. The summed E-state index contributed by atoms with van der Waals surface area (Å²) in [6.07, 6.45) is -0.944. The molecule has 0 amide bonds. The minimum Gasteiger partial charge on any atom is -0.492 e. The van der Waals surface area contributed by atoms with Crippen molar-refractivity contribution in [2.45, 2.75) is 65.7 Å². The molecular weight excluding hydrogens is 698 g/mol. The minimum absolute atomic E-state index is 0.0532. The van der Waals surface area contributed by atoms with Gasteiger partial charge in [-0.05, 0) is 42.0 Å². The zero-order valence-corrected chi connectivity index (χ0v) is 29.8. The van der Waals surface area contributed by atoms with Gasteiger partial charge in [0.15, 0.2) is 11.6 Å². The van der Waals surface area contributed by atoms with Crippen molar-refractivity contribution < 1.29 is 41.4 Å². The molecule has 280 valence electrons. The lowest BCUT2D eigenvalue weighted by atomic mass is 9.97. The van der Waals surface area contributed by atoms with E-state index in [4.69, 9.17) is 25.0 Å². The van der Waals surface area contributed by atoms with Crippen molar-refractivity contribution in [3.8, 4) is 22.7 Å². The number of carbonyl (C=O) groups excluding carboxylic acids is 2. The molecule has 53 heavy (non-hydrogen) atoms. The molecule has 3 aromatic heterocycles. The molecule has 0 spiro atoms. The summed E-state index contributed by atoms with van der Waals surface area (Å²) in [5.41, 5.74) is 10.0. The molecule has 4 heterocycles. The summed E-state index contributed by atoms with van der Waals surface area (Å²) in [7, 11) is 1.27. The number of rotatable bonds is 10. The first-order chi connectivity index (χ1) is 25.3. The number of methoxy groups -OCH3 is 1. The lowest BCUT2D eigenvalue weighted by Gasteiger charge is -2.27. The fraction of sp³-hybridized carbons (Fsp3) is 0.378. The molecule has 0 saturated carbocycles. The number of aryl methyl sites for hydroxylation is 2. The van der Waals surface area contributed by atoms with Gasteiger partial charge in [-0.3, -0.25) is 4.79 Å². The number of hydrogen-bond acceptors (Lipinski definition) is 10. The van der Waals surface area contributed by atoms with Crippen LogP contribution in [-0.4, -0.2) is 62.9 Å². The number of nitrogens with zero attached hydrogens (tertiary/aromatic N) is 6. The summed E-state index contributed by atoms with van der Waals surface area (Å²) in [4.78, 5) is 35.4. The van der Waals surface area contributed by atoms with Gasteiger partial charge in [-0.25, -0.2) is 28.4 Å². The third-order valence-electron chi connectivity index (χ3n) is 9.37. The first-order valence-corrected chi connectivity index (χ1v) is 17.1. The molecule has 0 bridgehead atoms. The Morgan fingerprint density at radius 3 is 2.32 bits per heavy atom. The van der Waals surface area contributed by atoms with E-state index in [1.807, 2.05) is 32.0 Å². The Labute approximate surface area is 302 Å². The van der Waals surface area contributed by atoms with Crippen LogP contribution in [0, 0.1) is 11.7 Å². The second-order valence-electron chi connectivity index (χ2n) is 12.9. The number of anilines is 1. The van der Waals surface area contributed by atoms with E-state index in [1.54, 1.807) is 29.5 Å². The standard InChI is InChI=1S/C37H39F4N7O5/c1-6-21-9-8-10-22(7-2)30(21)48-31(26-18-46(13-12-28(26)45-48)35-43-16-23(17-44-35)37(39,40)41)25-15-27(38)33(51-5)32-24(25)11-14-47(32)36(50)53-19-52-34(49)29(42)20(3)4/h8-11,14-17,20,29H,6-7,12-13,18-19,42H2,1-5H3. The van der Waals surface area contributed by atoms with E-state index in [0.717, 1.165) is 33.8 Å². The number of alkyl halides is 3. The SMILES string of the molecule is CCc1cccc(CC)c1-n1nc2c(c1-c1cc(F)c(OC)c3c1ccn3C(=O)OCOC(=O)C(N)C(C)C)CN(c1ncc(C(F)(F)F)cn1)CC2. The number of esters is 1. The minimum atomic E-state index is -4.59. The molecule has 0 radical (unpaired) electrons. The highest BCUT2D eigenvalue weighted by molar-refractivity contribution is 6.03. The van der Waals surface area contributed by atoms with Crippen LogP contribution in [0.25, 0.3) is 27.8 Å². The molecule has 0 saturated heterocycles. The van der Waals surface area contributed by atoms with Gasteiger partial charge in [0.25, 0.3) is 0 Å². The third-order valence-corrected chi connectivity index (χ3v) is 9.37. The molecule has 1 unspecified atom stereocenters. The third kappa shape index (κ3) is 7.02. The molecule has 1 aliphatic heterocycles. The highest BCUT2D eigenvalue weighted by Gasteiger charge is 2.34. The Morgan fingerprint density at radius 1 is 1.04 bits per heavy atom. The Hall–Kier alpha value is -5.51. The first kappa shape index (κ1) is 37.3. The van der Waals surface area contributed by atoms with Crippen LogP contribution in [0.2, 0.25) is 0 Å². The van der Waals surface area contributed by atoms with Gasteiger partial charge in [0.1, 0.15) is 11.6 Å². The van der Waals surface area contributed by atoms with Crippen molar-refractivity contribution >= 4 is 28.9 Å². The second-order valence-corrected chi connectivity index (χ2v) is 12.9. The van der Waals surface area contributed by atoms with Crippen molar-refractivity contribution in [2.24, 2.45) is 11.7 Å². The van der Waals surface area contributed by atoms with E-state index < -0.39 is 42.5 Å². The van der Waals surface area contributed by atoms with Crippen LogP contribution < -0.4 is 15.4 Å². The highest BCUT2D eigenvalue weighted by atomic mass is 19.4. The Balaban J connectivity index is 1.50. The molecule has 6 rings (SSSR count). The summed E-state index contributed by atoms with van der Waals surface area (Å²) in [6.45, 7) is 7.33. The first-order valence-electron chi connectivity index (χ1n) is 17.1. The van der Waals surface area contributed by atoms with Crippen molar-refractivity contribution in [1.29, 1.82) is 0 Å². The van der Waals surface area contributed by atoms with Gasteiger partial charge in [0, 0.05) is 54.6 Å². The number of benzene rings is 2. The van der Waals surface area contributed by atoms with Crippen LogP contribution in [0.4, 0.5) is 28.3 Å². The van der Waals surface area contributed by atoms with Crippen LogP contribution in [0.3, 0.4) is 0 Å². The Kier molecular flexibility index (Phi) is 10.4. The van der Waals surface area contributed by atoms with E-state index >= 15 is 4.39 Å². The van der Waals surface area contributed by atoms with Crippen LogP contribution in [0.15, 0.2) is 48.9 Å². The molecule has 0 fully saturated rings. The number of aromatic nitrogens is 5. The average Bonchev–Trinajstić information content (AvgIpc) is 3.75. The van der Waals surface area contributed by atoms with Gasteiger partial charge < -0.3 is 24.8 Å². The van der Waals surface area contributed by atoms with E-state index in [0.29, 0.717) is 53.7 Å². The maximum Gasteiger partial charge on any atom is 0.421 e. The molecule has 1 aliphatic rings. The fourth-order valence-electron chi connectivity index (χ4n) is 6.48. The zero-order valence-electron chi connectivity index (χ0n) is 29.8. The maximum absolute atomic E-state index is 16.2. The van der Waals surface area contributed by atoms with Crippen LogP contribution >= 0.6 is 0 Å². The number of fused-ring (bicyclic) bond motifs is 2. The van der Waals surface area contributed by atoms with Gasteiger partial charge in [-0.15, -0.1) is 0 Å². The molecule has 5 aromatic rings. The summed E-state index contributed by atoms with van der Waals surface area (Å²) >= 11 is 0. The number of hydrogen-bond donors (Lipinski definition) is 1. The fourth-order valence-corrected chi connectivity index (χ4v) is 6.48. The van der Waals surface area contributed by atoms with Crippen molar-refractivity contribution in [3.05, 3.63) is 82.7 Å². The summed E-state index contributed by atoms with van der Waals surface area (Å²) in [5.74, 6) is -1.86. The second kappa shape index (κ2) is 14.8. The monoisotopic (exact) mass is 737 g/mol. The van der Waals surface area contributed by atoms with E-state index in [-0.39, 0.29) is 29.7 Å². The summed E-state index contributed by atoms with van der Waals surface area (Å²) < 4.78 is 74.7. The van der Waals surface area contributed by atoms with E-state index in [9.17, 15) is 22.8 Å². The lowest BCUT2D eigenvalue weighted by molar-refractivity contribution is -0.154. The molecule has 16 heteroatoms. The molecule has 0 aliphatic carbocycles. The van der Waals surface area contributed by atoms with Gasteiger partial charge in [0.2, 0.25) is 12.7 Å². The predicted octanol–water partition coefficient (Wildman–Crippen LogP) is 6.61. The summed E-state index contributed by atoms with van der Waals surface area (Å²) in [6, 6.07) is 7.98. The van der Waals surface area contributed by atoms with Crippen molar-refractivity contribution in [3.63, 3.8) is 0 Å². The van der Waals surface area contributed by atoms with Gasteiger partial charge in [-0.2, -0.15) is 18.3 Å². The van der Waals surface area contributed by atoms with Gasteiger partial charge >= 0.3 is 18.2 Å². The number of nitrogens with two attached hydrogens (primary N) is 1. The molecule has 1 atom stereocenters. The van der Waals surface area contributed by atoms with Gasteiger partial charge in [-0.1, -0.05) is 45.9 Å². The lowest BCUT2D eigenvalue weighted by Crippen LogP contribution is -2.37. The highest BCUT2D eigenvalue weighted by Crippen LogP contribution is 2.43. The number of para-hydroxylation sites is 1. The largest absolute Gasteiger partial charge is 0.492 e. The normalized spacial score (nSPS) is 13.7. The average molecular weight is 738 g/mol. The van der Waals surface area contributed by atoms with Crippen LogP contribution in [0.5, 0.6) is 5.75 Å². The van der Waals surface area contributed by atoms with Crippen molar-refractivity contribution in [2.75, 3.05) is 25.3 Å². The predicted molar refractivity (Wildman–Crippen MR) is 187 cm³/mol. The van der Waals surface area contributed by atoms with Gasteiger partial charge in [0.05, 0.1) is 29.7 Å². The zero-order chi connectivity index (χ0) is 38.2. The maximum atomic E-state index is 16.2. The molecule has 2 aromatic carbocycles. The molecular formula is C37H39F4N7O5. The topological polar surface area (TPSA) is 140 Å². The quantitative estimate of drug-likeness (QED) is 0.0947. The van der Waals surface area contributed by atoms with Crippen LogP contribution in [-0.2, 0) is 46.3 Å². The van der Waals surface area contributed by atoms with Crippen LogP contribution in [0.1, 0.15) is 55.6 Å². The van der Waals surface area contributed by atoms with Crippen molar-refractivity contribution in [1.82, 2.24) is 24.3 Å². The Morgan fingerprint density at radius 2 is 1.72 bits per heavy atom. The smallest absolute Gasteiger partial charge is 0.421 e. The van der Waals surface area contributed by atoms with E-state index in [2.05, 4.69) is 9.97 Å². The molecule has 2 N–H and O–H groups in total. The number of halogens is 4. The Bertz CT molecular complexity index is 2140. The summed E-state index contributed by atoms with van der Waals surface area (Å²) in [5, 5.41) is 5.50.